The van der Waals surface area contributed by atoms with E-state index in [-0.39, 0.29) is 18.4 Å². The SMILES string of the molecule is Cc1ccc(NC(=O)c2ccc3oc(=O)n(CC(=O)N4CCN(c5cccc(C)c5C)CC4)c3c2)cc1. The van der Waals surface area contributed by atoms with E-state index >= 15 is 0 Å². The highest BCUT2D eigenvalue weighted by Gasteiger charge is 2.24. The van der Waals surface area contributed by atoms with Crippen molar-refractivity contribution >= 4 is 34.3 Å². The number of fused-ring (bicyclic) bond motifs is 1. The van der Waals surface area contributed by atoms with Crippen LogP contribution < -0.4 is 16.0 Å². The summed E-state index contributed by atoms with van der Waals surface area (Å²) in [5.41, 5.74) is 6.59. The molecule has 2 amide bonds. The zero-order valence-corrected chi connectivity index (χ0v) is 21.3. The Labute approximate surface area is 215 Å². The highest BCUT2D eigenvalue weighted by Crippen LogP contribution is 2.24. The molecule has 0 bridgehead atoms. The molecule has 5 rings (SSSR count). The van der Waals surface area contributed by atoms with Crippen LogP contribution in [0.2, 0.25) is 0 Å². The maximum absolute atomic E-state index is 13.1. The van der Waals surface area contributed by atoms with Gasteiger partial charge < -0.3 is 19.5 Å². The van der Waals surface area contributed by atoms with Crippen LogP contribution in [0.1, 0.15) is 27.0 Å². The van der Waals surface area contributed by atoms with Crippen LogP contribution in [0.3, 0.4) is 0 Å². The fourth-order valence-corrected chi connectivity index (χ4v) is 4.70. The minimum Gasteiger partial charge on any atom is -0.408 e. The lowest BCUT2D eigenvalue weighted by Crippen LogP contribution is -2.50. The molecule has 0 atom stereocenters. The Bertz CT molecular complexity index is 1530. The van der Waals surface area contributed by atoms with Crippen molar-refractivity contribution in [2.75, 3.05) is 36.4 Å². The Morgan fingerprint density at radius 3 is 2.38 bits per heavy atom. The number of amides is 2. The van der Waals surface area contributed by atoms with Crippen molar-refractivity contribution in [1.29, 1.82) is 0 Å². The van der Waals surface area contributed by atoms with Gasteiger partial charge in [0.2, 0.25) is 5.91 Å². The van der Waals surface area contributed by atoms with E-state index in [0.29, 0.717) is 35.4 Å². The number of nitrogens with one attached hydrogen (secondary N) is 1. The largest absolute Gasteiger partial charge is 0.420 e. The van der Waals surface area contributed by atoms with Crippen LogP contribution in [0.5, 0.6) is 0 Å². The van der Waals surface area contributed by atoms with E-state index in [1.54, 1.807) is 23.1 Å². The second kappa shape index (κ2) is 9.97. The van der Waals surface area contributed by atoms with E-state index in [0.717, 1.165) is 18.7 Å². The van der Waals surface area contributed by atoms with Crippen molar-refractivity contribution in [3.8, 4) is 0 Å². The highest BCUT2D eigenvalue weighted by molar-refractivity contribution is 6.05. The van der Waals surface area contributed by atoms with Crippen molar-refractivity contribution in [3.05, 3.63) is 93.5 Å². The lowest BCUT2D eigenvalue weighted by molar-refractivity contribution is -0.132. The molecule has 4 aromatic rings. The predicted molar refractivity (Wildman–Crippen MR) is 144 cm³/mol. The number of carbonyl (C=O) groups excluding carboxylic acids is 2. The molecule has 0 saturated carbocycles. The molecule has 1 fully saturated rings. The molecular weight excluding hydrogens is 468 g/mol. The Kier molecular flexibility index (Phi) is 6.56. The number of anilines is 2. The van der Waals surface area contributed by atoms with Crippen molar-refractivity contribution < 1.29 is 14.0 Å². The molecule has 0 radical (unpaired) electrons. The van der Waals surface area contributed by atoms with E-state index in [1.165, 1.54) is 21.4 Å². The molecular formula is C29H30N4O4. The maximum Gasteiger partial charge on any atom is 0.420 e. The third kappa shape index (κ3) is 5.00. The highest BCUT2D eigenvalue weighted by atomic mass is 16.4. The molecule has 3 aromatic carbocycles. The van der Waals surface area contributed by atoms with Gasteiger partial charge in [-0.1, -0.05) is 29.8 Å². The summed E-state index contributed by atoms with van der Waals surface area (Å²) in [6.07, 6.45) is 0. The quantitative estimate of drug-likeness (QED) is 0.447. The number of piperazine rings is 1. The van der Waals surface area contributed by atoms with Crippen molar-refractivity contribution in [1.82, 2.24) is 9.47 Å². The molecule has 37 heavy (non-hydrogen) atoms. The summed E-state index contributed by atoms with van der Waals surface area (Å²) in [5.74, 6) is -1.08. The molecule has 8 nitrogen and oxygen atoms in total. The summed E-state index contributed by atoms with van der Waals surface area (Å²) in [5, 5.41) is 2.86. The lowest BCUT2D eigenvalue weighted by atomic mass is 10.1. The number of benzene rings is 3. The number of aryl methyl sites for hydroxylation is 2. The van der Waals surface area contributed by atoms with E-state index in [1.807, 2.05) is 31.2 Å². The van der Waals surface area contributed by atoms with Crippen LogP contribution in [0.4, 0.5) is 11.4 Å². The van der Waals surface area contributed by atoms with Crippen molar-refractivity contribution in [2.45, 2.75) is 27.3 Å². The van der Waals surface area contributed by atoms with Crippen LogP contribution in [-0.2, 0) is 11.3 Å². The van der Waals surface area contributed by atoms with E-state index in [9.17, 15) is 14.4 Å². The summed E-state index contributed by atoms with van der Waals surface area (Å²) in [7, 11) is 0. The first-order chi connectivity index (χ1) is 17.8. The maximum atomic E-state index is 13.1. The number of hydrogen-bond acceptors (Lipinski definition) is 5. The molecule has 2 heterocycles. The van der Waals surface area contributed by atoms with Crippen LogP contribution in [0.15, 0.2) is 69.9 Å². The third-order valence-electron chi connectivity index (χ3n) is 7.08. The Hall–Kier alpha value is -4.33. The second-order valence-corrected chi connectivity index (χ2v) is 9.54. The minimum atomic E-state index is -0.617. The molecule has 1 aliphatic rings. The lowest BCUT2D eigenvalue weighted by Gasteiger charge is -2.37. The second-order valence-electron chi connectivity index (χ2n) is 9.54. The van der Waals surface area contributed by atoms with Gasteiger partial charge in [0.25, 0.3) is 5.91 Å². The number of rotatable bonds is 5. The predicted octanol–water partition coefficient (Wildman–Crippen LogP) is 4.12. The zero-order chi connectivity index (χ0) is 26.1. The fraction of sp³-hybridized carbons (Fsp3) is 0.276. The molecule has 0 unspecified atom stereocenters. The summed E-state index contributed by atoms with van der Waals surface area (Å²) < 4.78 is 6.65. The van der Waals surface area contributed by atoms with Crippen molar-refractivity contribution in [2.24, 2.45) is 0 Å². The van der Waals surface area contributed by atoms with Crippen LogP contribution in [-0.4, -0.2) is 47.5 Å². The Morgan fingerprint density at radius 1 is 0.919 bits per heavy atom. The Balaban J connectivity index is 1.29. The minimum absolute atomic E-state index is 0.141. The van der Waals surface area contributed by atoms with Gasteiger partial charge in [-0.05, 0) is 68.3 Å². The summed E-state index contributed by atoms with van der Waals surface area (Å²) in [4.78, 5) is 42.6. The van der Waals surface area contributed by atoms with Gasteiger partial charge in [-0.25, -0.2) is 4.79 Å². The Morgan fingerprint density at radius 2 is 1.65 bits per heavy atom. The number of carbonyl (C=O) groups is 2. The first-order valence-corrected chi connectivity index (χ1v) is 12.4. The van der Waals surface area contributed by atoms with E-state index in [2.05, 4.69) is 42.3 Å². The van der Waals surface area contributed by atoms with Gasteiger partial charge in [-0.15, -0.1) is 0 Å². The van der Waals surface area contributed by atoms with Crippen LogP contribution >= 0.6 is 0 Å². The zero-order valence-electron chi connectivity index (χ0n) is 21.3. The first kappa shape index (κ1) is 24.4. The van der Waals surface area contributed by atoms with Gasteiger partial charge in [-0.2, -0.15) is 0 Å². The molecule has 190 valence electrons. The fourth-order valence-electron chi connectivity index (χ4n) is 4.70. The van der Waals surface area contributed by atoms with Crippen LogP contribution in [0, 0.1) is 20.8 Å². The molecule has 1 saturated heterocycles. The van der Waals surface area contributed by atoms with Gasteiger partial charge >= 0.3 is 5.76 Å². The molecule has 0 spiro atoms. The number of aromatic nitrogens is 1. The average molecular weight is 499 g/mol. The third-order valence-corrected chi connectivity index (χ3v) is 7.08. The van der Waals surface area contributed by atoms with Gasteiger partial charge in [0, 0.05) is 43.1 Å². The topological polar surface area (TPSA) is 87.8 Å². The monoisotopic (exact) mass is 498 g/mol. The standard InChI is InChI=1S/C29H30N4O4/c1-19-7-10-23(11-8-19)30-28(35)22-9-12-26-25(17-22)33(29(36)37-26)18-27(34)32-15-13-31(14-16-32)24-6-4-5-20(2)21(24)3/h4-12,17H,13-16,18H2,1-3H3,(H,30,35). The average Bonchev–Trinajstić information content (AvgIpc) is 3.21. The normalized spacial score (nSPS) is 13.7. The van der Waals surface area contributed by atoms with Gasteiger partial charge in [0.1, 0.15) is 6.54 Å². The summed E-state index contributed by atoms with van der Waals surface area (Å²) in [6.45, 7) is 8.64. The molecule has 0 aliphatic carbocycles. The smallest absolute Gasteiger partial charge is 0.408 e. The summed E-state index contributed by atoms with van der Waals surface area (Å²) >= 11 is 0. The number of hydrogen-bond donors (Lipinski definition) is 1. The molecule has 1 aromatic heterocycles. The van der Waals surface area contributed by atoms with Gasteiger partial charge in [0.05, 0.1) is 5.52 Å². The van der Waals surface area contributed by atoms with Gasteiger partial charge in [-0.3, -0.25) is 14.2 Å². The molecule has 8 heteroatoms. The first-order valence-electron chi connectivity index (χ1n) is 12.4. The number of nitrogens with zero attached hydrogens (tertiary/aromatic N) is 3. The summed E-state index contributed by atoms with van der Waals surface area (Å²) in [6, 6.07) is 18.6. The molecule has 1 N–H and O–H groups in total. The van der Waals surface area contributed by atoms with Crippen molar-refractivity contribution in [3.63, 3.8) is 0 Å². The number of oxazole rings is 1. The van der Waals surface area contributed by atoms with E-state index in [4.69, 9.17) is 4.42 Å². The van der Waals surface area contributed by atoms with Gasteiger partial charge in [0.15, 0.2) is 5.58 Å². The molecule has 1 aliphatic heterocycles. The van der Waals surface area contributed by atoms with E-state index < -0.39 is 5.76 Å². The van der Waals surface area contributed by atoms with Crippen LogP contribution in [0.25, 0.3) is 11.1 Å².